The number of carbonyl (C=O) groups excluding carboxylic acids is 3. The van der Waals surface area contributed by atoms with Crippen LogP contribution in [0.3, 0.4) is 0 Å². The van der Waals surface area contributed by atoms with Crippen LogP contribution in [-0.4, -0.2) is 106 Å². The molecule has 0 radical (unpaired) electrons. The molecule has 330 valence electrons. The Morgan fingerprint density at radius 2 is 1.68 bits per heavy atom. The van der Waals surface area contributed by atoms with Crippen LogP contribution in [0.2, 0.25) is 0 Å². The summed E-state index contributed by atoms with van der Waals surface area (Å²) in [7, 11) is 3.35. The van der Waals surface area contributed by atoms with E-state index < -0.39 is 59.6 Å². The van der Waals surface area contributed by atoms with Crippen molar-refractivity contribution in [3.8, 4) is 5.75 Å². The summed E-state index contributed by atoms with van der Waals surface area (Å²) < 4.78 is 24.4. The highest BCUT2D eigenvalue weighted by Crippen LogP contribution is 2.40. The molecule has 3 N–H and O–H groups in total. The number of Topliss-reactive ketones (excluding diaryl/α,β-unsaturated/α-hetero) is 1. The van der Waals surface area contributed by atoms with E-state index in [1.165, 1.54) is 10.5 Å². The lowest BCUT2D eigenvalue weighted by Crippen LogP contribution is -2.62. The summed E-state index contributed by atoms with van der Waals surface area (Å²) >= 11 is 1.86. The second-order valence-corrected chi connectivity index (χ2v) is 19.3. The van der Waals surface area contributed by atoms with Crippen molar-refractivity contribution in [2.75, 3.05) is 20.8 Å². The largest absolute Gasteiger partial charge is 0.508 e. The van der Waals surface area contributed by atoms with Gasteiger partial charge in [-0.05, 0) is 132 Å². The molecule has 3 aliphatic heterocycles. The first-order valence-electron chi connectivity index (χ1n) is 22.1. The number of allylic oxidation sites excluding steroid dienone is 3. The minimum absolute atomic E-state index is 0.0220. The number of rotatable bonds is 7. The second-order valence-electron chi connectivity index (χ2n) is 18.0. The third kappa shape index (κ3) is 12.2. The third-order valence-corrected chi connectivity index (χ3v) is 14.9. The molecule has 1 aromatic rings. The number of piperidine rings is 1. The Morgan fingerprint density at radius 1 is 0.949 bits per heavy atom. The fourth-order valence-electron chi connectivity index (χ4n) is 9.68. The van der Waals surface area contributed by atoms with E-state index in [1.807, 2.05) is 37.7 Å². The number of phenols is 1. The molecule has 0 aromatic heterocycles. The fraction of sp³-hybridized carbons (Fsp3) is 0.723. The number of carbonyl (C=O) groups is 3. The smallest absolute Gasteiger partial charge is 0.329 e. The number of ether oxygens (including phenoxy) is 4. The molecular formula is C47H71NO10S. The van der Waals surface area contributed by atoms with E-state index in [0.29, 0.717) is 49.7 Å². The molecule has 3 heterocycles. The molecule has 59 heavy (non-hydrogen) atoms. The molecule has 2 saturated heterocycles. The monoisotopic (exact) mass is 841 g/mol. The van der Waals surface area contributed by atoms with Crippen molar-refractivity contribution in [1.29, 1.82) is 0 Å². The number of nitrogens with zero attached hydrogens (tertiary/aromatic N) is 1. The quantitative estimate of drug-likeness (QED) is 0.141. The van der Waals surface area contributed by atoms with E-state index in [1.54, 1.807) is 33.3 Å². The number of methoxy groups -OCH3 is 2. The van der Waals surface area contributed by atoms with Gasteiger partial charge in [0.15, 0.2) is 0 Å². The predicted molar refractivity (Wildman–Crippen MR) is 230 cm³/mol. The highest BCUT2D eigenvalue weighted by molar-refractivity contribution is 7.99. The van der Waals surface area contributed by atoms with Crippen molar-refractivity contribution in [2.45, 2.75) is 171 Å². The van der Waals surface area contributed by atoms with Gasteiger partial charge in [-0.15, -0.1) is 0 Å². The molecule has 1 aliphatic carbocycles. The van der Waals surface area contributed by atoms with Gasteiger partial charge in [0, 0.05) is 43.6 Å². The van der Waals surface area contributed by atoms with Crippen molar-refractivity contribution < 1.29 is 48.7 Å². The Hall–Kier alpha value is -2.74. The van der Waals surface area contributed by atoms with Crippen LogP contribution in [0.4, 0.5) is 0 Å². The molecule has 5 rings (SSSR count). The number of benzene rings is 1. The van der Waals surface area contributed by atoms with Gasteiger partial charge in [0.25, 0.3) is 11.7 Å². The minimum atomic E-state index is -2.36. The Morgan fingerprint density at radius 3 is 2.39 bits per heavy atom. The van der Waals surface area contributed by atoms with Crippen molar-refractivity contribution in [1.82, 2.24) is 4.90 Å². The van der Waals surface area contributed by atoms with E-state index >= 15 is 0 Å². The Bertz CT molecular complexity index is 1620. The lowest BCUT2D eigenvalue weighted by molar-refractivity contribution is -0.287. The molecular weight excluding hydrogens is 771 g/mol. The maximum Gasteiger partial charge on any atom is 0.329 e. The summed E-state index contributed by atoms with van der Waals surface area (Å²) in [5.41, 5.74) is 3.24. The number of cyclic esters (lactones) is 1. The van der Waals surface area contributed by atoms with Crippen molar-refractivity contribution in [3.05, 3.63) is 53.1 Å². The Balaban J connectivity index is 1.39. The van der Waals surface area contributed by atoms with E-state index in [0.717, 1.165) is 61.8 Å². The molecule has 1 saturated carbocycles. The number of hydrogen-bond acceptors (Lipinski definition) is 11. The maximum absolute atomic E-state index is 14.3. The maximum atomic E-state index is 14.3. The van der Waals surface area contributed by atoms with Crippen LogP contribution in [0.25, 0.3) is 0 Å². The normalized spacial score (nSPS) is 37.4. The van der Waals surface area contributed by atoms with Crippen molar-refractivity contribution >= 4 is 29.4 Å². The second kappa shape index (κ2) is 21.9. The van der Waals surface area contributed by atoms with Gasteiger partial charge in [0.1, 0.15) is 17.9 Å². The van der Waals surface area contributed by atoms with Crippen LogP contribution in [0.15, 0.2) is 47.6 Å². The first-order valence-corrected chi connectivity index (χ1v) is 23.1. The Labute approximate surface area is 356 Å². The van der Waals surface area contributed by atoms with E-state index in [9.17, 15) is 29.7 Å². The Kier molecular flexibility index (Phi) is 17.5. The average Bonchev–Trinajstić information content (AvgIpc) is 3.23. The standard InChI is InChI=1S/C47H71NO10S/c1-29-12-8-9-14-38(50)33(5)43(31(3)25-35-18-22-42(41(27-35)56-7)59-28-34-16-19-36(49)20-17-34)57-46(53)37-13-10-11-23-48(37)45(52)44(51)47(54)32(4)26-40(55-6)39(58-47)21-15-30(2)24-29/h12,16-17,19-20,25,30,32-33,35,37-43,49-50,54H,8-11,13-15,18,21-24,26-28H2,1-7H3/b29-12+,31-25+/t30?,32?,33-,35?,37?,38?,39?,40?,41?,42?,43?,47?/m1/s1. The van der Waals surface area contributed by atoms with E-state index in [2.05, 4.69) is 26.0 Å². The predicted octanol–water partition coefficient (Wildman–Crippen LogP) is 7.68. The number of thioether (sulfide) groups is 1. The number of aliphatic hydroxyl groups excluding tert-OH is 1. The molecule has 3 fully saturated rings. The number of esters is 1. The summed E-state index contributed by atoms with van der Waals surface area (Å²) in [5, 5.41) is 33.5. The van der Waals surface area contributed by atoms with Crippen LogP contribution in [0.5, 0.6) is 5.75 Å². The third-order valence-electron chi connectivity index (χ3n) is 13.4. The minimum Gasteiger partial charge on any atom is -0.508 e. The van der Waals surface area contributed by atoms with Gasteiger partial charge < -0.3 is 39.2 Å². The summed E-state index contributed by atoms with van der Waals surface area (Å²) in [6.45, 7) is 10.0. The molecule has 11 nitrogen and oxygen atoms in total. The average molecular weight is 842 g/mol. The van der Waals surface area contributed by atoms with Crippen LogP contribution in [0.1, 0.15) is 124 Å². The molecule has 2 bridgehead atoms. The highest BCUT2D eigenvalue weighted by Gasteiger charge is 2.55. The molecule has 4 aliphatic rings. The number of phenolic OH excluding ortho intramolecular Hbond substituents is 1. The van der Waals surface area contributed by atoms with Gasteiger partial charge in [-0.3, -0.25) is 9.59 Å². The van der Waals surface area contributed by atoms with Gasteiger partial charge in [0.05, 0.1) is 24.4 Å². The molecule has 0 spiro atoms. The van der Waals surface area contributed by atoms with Crippen molar-refractivity contribution in [2.24, 2.45) is 23.7 Å². The van der Waals surface area contributed by atoms with Crippen LogP contribution in [-0.2, 0) is 39.1 Å². The topological polar surface area (TPSA) is 152 Å². The molecule has 12 heteroatoms. The number of amides is 1. The van der Waals surface area contributed by atoms with Gasteiger partial charge in [-0.25, -0.2) is 4.79 Å². The first kappa shape index (κ1) is 47.3. The zero-order chi connectivity index (χ0) is 42.9. The molecule has 11 unspecified atom stereocenters. The first-order chi connectivity index (χ1) is 28.1. The zero-order valence-electron chi connectivity index (χ0n) is 36.5. The van der Waals surface area contributed by atoms with E-state index in [-0.39, 0.29) is 30.4 Å². The number of aliphatic hydroxyl groups is 2. The highest BCUT2D eigenvalue weighted by atomic mass is 32.2. The summed E-state index contributed by atoms with van der Waals surface area (Å²) in [4.78, 5) is 43.9. The number of fused-ring (bicyclic) bond motifs is 3. The van der Waals surface area contributed by atoms with Crippen molar-refractivity contribution in [3.63, 3.8) is 0 Å². The summed E-state index contributed by atoms with van der Waals surface area (Å²) in [6, 6.07) is 6.28. The molecule has 1 aromatic carbocycles. The summed E-state index contributed by atoms with van der Waals surface area (Å²) in [6.07, 6.45) is 10.9. The number of hydrogen-bond donors (Lipinski definition) is 3. The summed E-state index contributed by atoms with van der Waals surface area (Å²) in [5.74, 6) is -4.60. The number of ketones is 1. The fourth-order valence-corrected chi connectivity index (χ4v) is 11.0. The van der Waals surface area contributed by atoms with Gasteiger partial charge in [-0.2, -0.15) is 11.8 Å². The van der Waals surface area contributed by atoms with Gasteiger partial charge >= 0.3 is 5.97 Å². The van der Waals surface area contributed by atoms with Gasteiger partial charge in [0.2, 0.25) is 5.79 Å². The number of aromatic hydroxyl groups is 1. The lowest BCUT2D eigenvalue weighted by Gasteiger charge is -2.45. The SMILES string of the molecule is COC1CC(C)C2(O)OC1CCC(C)C/C(C)=C/CCCC(O)[C@@H](C)C(/C(C)=C/C1CCC(SCc3ccc(O)cc3)C(OC)C1)OC(=O)C1CCCCN1C(=O)C2=O. The van der Waals surface area contributed by atoms with Gasteiger partial charge in [-0.1, -0.05) is 50.6 Å². The lowest BCUT2D eigenvalue weighted by atomic mass is 9.83. The molecule has 1 amide bonds. The zero-order valence-corrected chi connectivity index (χ0v) is 37.3. The molecule has 12 atom stereocenters. The van der Waals surface area contributed by atoms with Crippen LogP contribution < -0.4 is 0 Å². The van der Waals surface area contributed by atoms with Crippen LogP contribution in [0, 0.1) is 23.7 Å². The van der Waals surface area contributed by atoms with Crippen LogP contribution >= 0.6 is 11.8 Å². The van der Waals surface area contributed by atoms with E-state index in [4.69, 9.17) is 18.9 Å².